The van der Waals surface area contributed by atoms with Crippen molar-refractivity contribution in [2.45, 2.75) is 38.1 Å². The third-order valence-corrected chi connectivity index (χ3v) is 7.15. The molecule has 2 fully saturated rings. The number of carboxylic acid groups (broad SMARTS) is 1. The number of carboxylic acids is 1. The van der Waals surface area contributed by atoms with E-state index in [1.165, 1.54) is 0 Å². The minimum atomic E-state index is -2.94. The Bertz CT molecular complexity index is 745. The van der Waals surface area contributed by atoms with E-state index >= 15 is 0 Å². The Labute approximate surface area is 147 Å². The van der Waals surface area contributed by atoms with Crippen molar-refractivity contribution in [1.82, 2.24) is 5.32 Å². The minimum absolute atomic E-state index is 0.0199. The third-order valence-electron chi connectivity index (χ3n) is 5.49. The van der Waals surface area contributed by atoms with Crippen LogP contribution in [0.3, 0.4) is 0 Å². The molecule has 1 saturated carbocycles. The fourth-order valence-corrected chi connectivity index (χ4v) is 5.40. The van der Waals surface area contributed by atoms with Gasteiger partial charge in [-0.2, -0.15) is 0 Å². The number of sulfone groups is 1. The lowest BCUT2D eigenvalue weighted by Crippen LogP contribution is -2.34. The average Bonchev–Trinajstić information content (AvgIpc) is 3.30. The number of carbonyl (C=O) groups excluding carboxylic acids is 1. The first kappa shape index (κ1) is 17.9. The zero-order chi connectivity index (χ0) is 18.1. The van der Waals surface area contributed by atoms with E-state index in [9.17, 15) is 18.0 Å². The topological polar surface area (TPSA) is 101 Å². The van der Waals surface area contributed by atoms with Gasteiger partial charge in [-0.25, -0.2) is 8.42 Å². The molecule has 1 spiro atoms. The van der Waals surface area contributed by atoms with Crippen LogP contribution < -0.4 is 5.32 Å². The summed E-state index contributed by atoms with van der Waals surface area (Å²) in [6.07, 6.45) is 2.15. The second-order valence-corrected chi connectivity index (χ2v) is 9.48. The molecule has 136 valence electrons. The number of carbonyl (C=O) groups is 2. The number of hydrogen-bond acceptors (Lipinski definition) is 4. The molecule has 1 amide bonds. The first-order valence-corrected chi connectivity index (χ1v) is 10.4. The summed E-state index contributed by atoms with van der Waals surface area (Å²) in [6.45, 7) is 0. The Morgan fingerprint density at radius 1 is 1.20 bits per heavy atom. The molecule has 2 aliphatic rings. The van der Waals surface area contributed by atoms with Crippen LogP contribution in [-0.4, -0.2) is 36.9 Å². The van der Waals surface area contributed by atoms with Crippen molar-refractivity contribution in [3.63, 3.8) is 0 Å². The maximum atomic E-state index is 12.7. The van der Waals surface area contributed by atoms with Crippen molar-refractivity contribution >= 4 is 21.7 Å². The van der Waals surface area contributed by atoms with Crippen LogP contribution >= 0.6 is 0 Å². The van der Waals surface area contributed by atoms with E-state index < -0.39 is 15.8 Å². The second kappa shape index (κ2) is 6.78. The van der Waals surface area contributed by atoms with Gasteiger partial charge in [0.2, 0.25) is 5.91 Å². The van der Waals surface area contributed by atoms with E-state index in [0.717, 1.165) is 12.0 Å². The van der Waals surface area contributed by atoms with Gasteiger partial charge >= 0.3 is 5.97 Å². The zero-order valence-electron chi connectivity index (χ0n) is 14.0. The summed E-state index contributed by atoms with van der Waals surface area (Å²) < 4.78 is 23.2. The van der Waals surface area contributed by atoms with Gasteiger partial charge in [-0.05, 0) is 36.7 Å². The molecule has 6 nitrogen and oxygen atoms in total. The van der Waals surface area contributed by atoms with Gasteiger partial charge in [-0.15, -0.1) is 0 Å². The van der Waals surface area contributed by atoms with Crippen LogP contribution in [0, 0.1) is 11.3 Å². The van der Waals surface area contributed by atoms with Crippen molar-refractivity contribution in [3.05, 3.63) is 35.9 Å². The van der Waals surface area contributed by atoms with Crippen LogP contribution in [-0.2, 0) is 19.4 Å². The summed E-state index contributed by atoms with van der Waals surface area (Å²) in [5.41, 5.74) is 0.724. The van der Waals surface area contributed by atoms with Crippen molar-refractivity contribution in [1.29, 1.82) is 0 Å². The average molecular weight is 365 g/mol. The molecule has 1 aliphatic carbocycles. The number of nitrogens with one attached hydrogen (secondary N) is 1. The summed E-state index contributed by atoms with van der Waals surface area (Å²) >= 11 is 0. The van der Waals surface area contributed by atoms with E-state index in [1.54, 1.807) is 0 Å². The quantitative estimate of drug-likeness (QED) is 0.802. The second-order valence-electron chi connectivity index (χ2n) is 7.18. The molecule has 1 aliphatic heterocycles. The first-order chi connectivity index (χ1) is 11.8. The third kappa shape index (κ3) is 4.21. The highest BCUT2D eigenvalue weighted by molar-refractivity contribution is 7.91. The predicted octanol–water partition coefficient (Wildman–Crippen LogP) is 1.92. The normalized spacial score (nSPS) is 24.4. The molecular formula is C18H23NO5S. The Balaban J connectivity index is 1.64. The number of aliphatic carboxylic acids is 1. The molecule has 3 rings (SSSR count). The Morgan fingerprint density at radius 2 is 1.84 bits per heavy atom. The SMILES string of the molecule is O=C(O)CCC(NC(=O)C1CC12CCS(=O)(=O)CC2)c1ccccc1. The van der Waals surface area contributed by atoms with Crippen LogP contribution in [0.4, 0.5) is 0 Å². The molecule has 0 bridgehead atoms. The fraction of sp³-hybridized carbons (Fsp3) is 0.556. The molecular weight excluding hydrogens is 342 g/mol. The molecule has 1 aromatic rings. The van der Waals surface area contributed by atoms with Gasteiger partial charge in [0.1, 0.15) is 9.84 Å². The maximum Gasteiger partial charge on any atom is 0.303 e. The van der Waals surface area contributed by atoms with Gasteiger partial charge in [-0.3, -0.25) is 9.59 Å². The van der Waals surface area contributed by atoms with Gasteiger partial charge in [0.15, 0.2) is 0 Å². The fourth-order valence-electron chi connectivity index (χ4n) is 3.76. The molecule has 7 heteroatoms. The van der Waals surface area contributed by atoms with Gasteiger partial charge in [0.25, 0.3) is 0 Å². The van der Waals surface area contributed by atoms with Crippen LogP contribution in [0.1, 0.15) is 43.7 Å². The molecule has 2 atom stereocenters. The van der Waals surface area contributed by atoms with Crippen LogP contribution in [0.25, 0.3) is 0 Å². The first-order valence-electron chi connectivity index (χ1n) is 8.59. The van der Waals surface area contributed by atoms with E-state index in [1.807, 2.05) is 30.3 Å². The Hall–Kier alpha value is -1.89. The van der Waals surface area contributed by atoms with E-state index in [0.29, 0.717) is 19.3 Å². The standard InChI is InChI=1S/C18H23NO5S/c20-16(21)7-6-15(13-4-2-1-3-5-13)19-17(22)14-12-18(14)8-10-25(23,24)11-9-18/h1-5,14-15H,6-12H2,(H,19,22)(H,20,21). The van der Waals surface area contributed by atoms with Crippen LogP contribution in [0.2, 0.25) is 0 Å². The van der Waals surface area contributed by atoms with Crippen LogP contribution in [0.15, 0.2) is 30.3 Å². The van der Waals surface area contributed by atoms with Crippen molar-refractivity contribution in [3.8, 4) is 0 Å². The van der Waals surface area contributed by atoms with Crippen LogP contribution in [0.5, 0.6) is 0 Å². The van der Waals surface area contributed by atoms with E-state index in [4.69, 9.17) is 5.11 Å². The number of benzene rings is 1. The molecule has 1 saturated heterocycles. The molecule has 2 unspecified atom stereocenters. The predicted molar refractivity (Wildman–Crippen MR) is 92.6 cm³/mol. The van der Waals surface area contributed by atoms with Crippen molar-refractivity contribution in [2.75, 3.05) is 11.5 Å². The smallest absolute Gasteiger partial charge is 0.303 e. The highest BCUT2D eigenvalue weighted by atomic mass is 32.2. The van der Waals surface area contributed by atoms with Gasteiger partial charge < -0.3 is 10.4 Å². The van der Waals surface area contributed by atoms with E-state index in [-0.39, 0.29) is 41.2 Å². The Morgan fingerprint density at radius 3 is 2.44 bits per heavy atom. The lowest BCUT2D eigenvalue weighted by atomic mass is 9.95. The zero-order valence-corrected chi connectivity index (χ0v) is 14.8. The van der Waals surface area contributed by atoms with Gasteiger partial charge in [0.05, 0.1) is 17.5 Å². The summed E-state index contributed by atoms with van der Waals surface area (Å²) in [4.78, 5) is 23.6. The minimum Gasteiger partial charge on any atom is -0.481 e. The molecule has 0 radical (unpaired) electrons. The number of amides is 1. The highest BCUT2D eigenvalue weighted by Crippen LogP contribution is 2.59. The van der Waals surface area contributed by atoms with E-state index in [2.05, 4.69) is 5.32 Å². The van der Waals surface area contributed by atoms with Gasteiger partial charge in [0, 0.05) is 12.3 Å². The molecule has 1 aromatic carbocycles. The van der Waals surface area contributed by atoms with Gasteiger partial charge in [-0.1, -0.05) is 30.3 Å². The lowest BCUT2D eigenvalue weighted by Gasteiger charge is -2.24. The number of hydrogen-bond donors (Lipinski definition) is 2. The molecule has 2 N–H and O–H groups in total. The van der Waals surface area contributed by atoms with Crippen molar-refractivity contribution < 1.29 is 23.1 Å². The van der Waals surface area contributed by atoms with Crippen molar-refractivity contribution in [2.24, 2.45) is 11.3 Å². The lowest BCUT2D eigenvalue weighted by molar-refractivity contribution is -0.137. The molecule has 25 heavy (non-hydrogen) atoms. The summed E-state index contributed by atoms with van der Waals surface area (Å²) in [5.74, 6) is -0.802. The maximum absolute atomic E-state index is 12.7. The number of rotatable bonds is 6. The highest BCUT2D eigenvalue weighted by Gasteiger charge is 2.59. The summed E-state index contributed by atoms with van der Waals surface area (Å²) in [6, 6.07) is 9.01. The monoisotopic (exact) mass is 365 g/mol. The Kier molecular flexibility index (Phi) is 4.86. The molecule has 1 heterocycles. The molecule has 0 aromatic heterocycles. The largest absolute Gasteiger partial charge is 0.481 e. The summed E-state index contributed by atoms with van der Waals surface area (Å²) in [7, 11) is -2.94. The summed E-state index contributed by atoms with van der Waals surface area (Å²) in [5, 5.41) is 11.9.